The quantitative estimate of drug-likeness (QED) is 0.894. The highest BCUT2D eigenvalue weighted by Gasteiger charge is 2.28. The van der Waals surface area contributed by atoms with Crippen LogP contribution in [0.3, 0.4) is 0 Å². The molecule has 1 N–H and O–H groups in total. The van der Waals surface area contributed by atoms with Crippen LogP contribution in [0.2, 0.25) is 0 Å². The predicted molar refractivity (Wildman–Crippen MR) is 92.8 cm³/mol. The monoisotopic (exact) mass is 350 g/mol. The van der Waals surface area contributed by atoms with Gasteiger partial charge in [0, 0.05) is 19.5 Å². The Labute approximate surface area is 148 Å². The molecule has 7 heteroatoms. The minimum absolute atomic E-state index is 0. The molecule has 0 spiro atoms. The van der Waals surface area contributed by atoms with E-state index in [4.69, 9.17) is 4.52 Å². The molecule has 6 nitrogen and oxygen atoms in total. The van der Waals surface area contributed by atoms with E-state index in [1.54, 1.807) is 4.90 Å². The van der Waals surface area contributed by atoms with Gasteiger partial charge in [0.05, 0.1) is 6.04 Å². The lowest BCUT2D eigenvalue weighted by Crippen LogP contribution is -2.49. The molecule has 1 aliphatic rings. The summed E-state index contributed by atoms with van der Waals surface area (Å²) in [4.78, 5) is 18.8. The van der Waals surface area contributed by atoms with Gasteiger partial charge in [0.2, 0.25) is 11.8 Å². The number of nitrogens with one attached hydrogen (secondary N) is 1. The number of carbonyl (C=O) groups is 1. The molecule has 24 heavy (non-hydrogen) atoms. The second-order valence-electron chi connectivity index (χ2n) is 5.72. The van der Waals surface area contributed by atoms with E-state index in [1.807, 2.05) is 26.0 Å². The Bertz CT molecular complexity index is 689. The van der Waals surface area contributed by atoms with Crippen LogP contribution in [0, 0.1) is 0 Å². The smallest absolute Gasteiger partial charge is 0.246 e. The van der Waals surface area contributed by atoms with Crippen molar-refractivity contribution in [2.45, 2.75) is 45.8 Å². The van der Waals surface area contributed by atoms with Crippen LogP contribution < -0.4 is 5.32 Å². The van der Waals surface area contributed by atoms with Gasteiger partial charge in [-0.05, 0) is 24.5 Å². The SMILES string of the molecule is CCc1noc(CN(CC)C(=O)[C@H]2Cc3ccccc3CN2)n1.Cl. The van der Waals surface area contributed by atoms with Gasteiger partial charge in [0.1, 0.15) is 6.54 Å². The minimum atomic E-state index is -0.196. The molecule has 130 valence electrons. The Kier molecular flexibility index (Phi) is 6.34. The molecule has 3 rings (SSSR count). The first-order chi connectivity index (χ1) is 11.2. The molecule has 0 aliphatic carbocycles. The number of fused-ring (bicyclic) bond motifs is 1. The van der Waals surface area contributed by atoms with Gasteiger partial charge in [0.25, 0.3) is 0 Å². The first-order valence-corrected chi connectivity index (χ1v) is 8.11. The summed E-state index contributed by atoms with van der Waals surface area (Å²) in [7, 11) is 0. The summed E-state index contributed by atoms with van der Waals surface area (Å²) in [6.45, 7) is 5.64. The Morgan fingerprint density at radius 1 is 1.33 bits per heavy atom. The number of rotatable bonds is 5. The van der Waals surface area contributed by atoms with Gasteiger partial charge in [-0.1, -0.05) is 36.3 Å². The van der Waals surface area contributed by atoms with E-state index in [0.29, 0.717) is 24.8 Å². The minimum Gasteiger partial charge on any atom is -0.337 e. The number of hydrogen-bond acceptors (Lipinski definition) is 5. The number of nitrogens with zero attached hydrogens (tertiary/aromatic N) is 3. The van der Waals surface area contributed by atoms with E-state index < -0.39 is 0 Å². The van der Waals surface area contributed by atoms with Crippen LogP contribution in [-0.2, 0) is 30.7 Å². The van der Waals surface area contributed by atoms with Crippen LogP contribution in [0.4, 0.5) is 0 Å². The zero-order valence-corrected chi connectivity index (χ0v) is 14.8. The first-order valence-electron chi connectivity index (χ1n) is 8.11. The third-order valence-corrected chi connectivity index (χ3v) is 4.23. The zero-order chi connectivity index (χ0) is 16.2. The number of carbonyl (C=O) groups excluding carboxylic acids is 1. The average Bonchev–Trinajstić information content (AvgIpc) is 3.06. The molecule has 0 radical (unpaired) electrons. The molecule has 1 amide bonds. The van der Waals surface area contributed by atoms with Crippen molar-refractivity contribution >= 4 is 18.3 Å². The summed E-state index contributed by atoms with van der Waals surface area (Å²) < 4.78 is 5.21. The molecule has 0 fully saturated rings. The fraction of sp³-hybridized carbons (Fsp3) is 0.471. The van der Waals surface area contributed by atoms with Gasteiger partial charge in [-0.15, -0.1) is 12.4 Å². The summed E-state index contributed by atoms with van der Waals surface area (Å²) in [6, 6.07) is 8.05. The molecule has 2 heterocycles. The Morgan fingerprint density at radius 2 is 2.08 bits per heavy atom. The number of aryl methyl sites for hydroxylation is 1. The van der Waals surface area contributed by atoms with Crippen molar-refractivity contribution in [2.75, 3.05) is 6.54 Å². The lowest BCUT2D eigenvalue weighted by Gasteiger charge is -2.29. The topological polar surface area (TPSA) is 71.3 Å². The number of halogens is 1. The van der Waals surface area contributed by atoms with Crippen LogP contribution >= 0.6 is 12.4 Å². The lowest BCUT2D eigenvalue weighted by atomic mass is 9.95. The average molecular weight is 351 g/mol. The van der Waals surface area contributed by atoms with Crippen molar-refractivity contribution in [3.63, 3.8) is 0 Å². The normalized spacial score (nSPS) is 16.2. The lowest BCUT2D eigenvalue weighted by molar-refractivity contribution is -0.134. The van der Waals surface area contributed by atoms with Crippen LogP contribution in [0.15, 0.2) is 28.8 Å². The van der Waals surface area contributed by atoms with E-state index in [9.17, 15) is 4.79 Å². The third kappa shape index (κ3) is 3.94. The van der Waals surface area contributed by atoms with E-state index in [-0.39, 0.29) is 24.4 Å². The second kappa shape index (κ2) is 8.26. The standard InChI is InChI=1S/C17H22N4O2.ClH/c1-3-15-19-16(23-20-15)11-21(4-2)17(22)14-9-12-7-5-6-8-13(12)10-18-14;/h5-8,14,18H,3-4,9-11H2,1-2H3;1H/t14-;/m1./s1. The molecule has 2 aromatic rings. The van der Waals surface area contributed by atoms with E-state index in [2.05, 4.69) is 27.6 Å². The summed E-state index contributed by atoms with van der Waals surface area (Å²) >= 11 is 0. The molecule has 0 bridgehead atoms. The maximum atomic E-state index is 12.8. The maximum absolute atomic E-state index is 12.8. The van der Waals surface area contributed by atoms with Gasteiger partial charge >= 0.3 is 0 Å². The summed E-state index contributed by atoms with van der Waals surface area (Å²) in [5.41, 5.74) is 2.51. The van der Waals surface area contributed by atoms with Gasteiger partial charge in [-0.25, -0.2) is 0 Å². The second-order valence-corrected chi connectivity index (χ2v) is 5.72. The number of aromatic nitrogens is 2. The fourth-order valence-corrected chi connectivity index (χ4v) is 2.86. The predicted octanol–water partition coefficient (Wildman–Crippen LogP) is 2.12. The molecule has 1 aromatic heterocycles. The van der Waals surface area contributed by atoms with Crippen LogP contribution in [0.5, 0.6) is 0 Å². The fourth-order valence-electron chi connectivity index (χ4n) is 2.86. The van der Waals surface area contributed by atoms with Gasteiger partial charge in [-0.2, -0.15) is 4.98 Å². The Morgan fingerprint density at radius 3 is 2.75 bits per heavy atom. The van der Waals surface area contributed by atoms with Crippen molar-refractivity contribution in [1.29, 1.82) is 0 Å². The Hall–Kier alpha value is -1.92. The highest BCUT2D eigenvalue weighted by molar-refractivity contribution is 5.85. The van der Waals surface area contributed by atoms with E-state index >= 15 is 0 Å². The molecular formula is C17H23ClN4O2. The molecule has 1 atom stereocenters. The molecule has 0 saturated carbocycles. The first kappa shape index (κ1) is 18.4. The van der Waals surface area contributed by atoms with Crippen molar-refractivity contribution < 1.29 is 9.32 Å². The van der Waals surface area contributed by atoms with E-state index in [1.165, 1.54) is 11.1 Å². The Balaban J connectivity index is 0.00000208. The number of likely N-dealkylation sites (N-methyl/N-ethyl adjacent to an activating group) is 1. The van der Waals surface area contributed by atoms with Crippen molar-refractivity contribution in [3.05, 3.63) is 47.1 Å². The van der Waals surface area contributed by atoms with E-state index in [0.717, 1.165) is 19.4 Å². The summed E-state index contributed by atoms with van der Waals surface area (Å²) in [5.74, 6) is 1.25. The number of benzene rings is 1. The van der Waals surface area contributed by atoms with Crippen molar-refractivity contribution in [3.8, 4) is 0 Å². The van der Waals surface area contributed by atoms with Gasteiger partial charge in [0.15, 0.2) is 5.82 Å². The maximum Gasteiger partial charge on any atom is 0.246 e. The summed E-state index contributed by atoms with van der Waals surface area (Å²) in [6.07, 6.45) is 1.44. The van der Waals surface area contributed by atoms with Crippen molar-refractivity contribution in [2.24, 2.45) is 0 Å². The molecule has 1 aromatic carbocycles. The molecule has 0 unspecified atom stereocenters. The van der Waals surface area contributed by atoms with Crippen LogP contribution in [0.25, 0.3) is 0 Å². The number of amides is 1. The molecule has 1 aliphatic heterocycles. The highest BCUT2D eigenvalue weighted by Crippen LogP contribution is 2.18. The van der Waals surface area contributed by atoms with Crippen LogP contribution in [-0.4, -0.2) is 33.5 Å². The number of hydrogen-bond donors (Lipinski definition) is 1. The largest absolute Gasteiger partial charge is 0.337 e. The van der Waals surface area contributed by atoms with Crippen molar-refractivity contribution in [1.82, 2.24) is 20.4 Å². The third-order valence-electron chi connectivity index (χ3n) is 4.23. The molecular weight excluding hydrogens is 328 g/mol. The zero-order valence-electron chi connectivity index (χ0n) is 14.0. The van der Waals surface area contributed by atoms with Crippen LogP contribution in [0.1, 0.15) is 36.7 Å². The molecule has 0 saturated heterocycles. The van der Waals surface area contributed by atoms with Gasteiger partial charge in [-0.3, -0.25) is 4.79 Å². The highest BCUT2D eigenvalue weighted by atomic mass is 35.5. The summed E-state index contributed by atoms with van der Waals surface area (Å²) in [5, 5.41) is 7.22. The van der Waals surface area contributed by atoms with Gasteiger partial charge < -0.3 is 14.7 Å².